The minimum atomic E-state index is -0.544. The van der Waals surface area contributed by atoms with E-state index in [-0.39, 0.29) is 11.9 Å². The van der Waals surface area contributed by atoms with Gasteiger partial charge in [0.1, 0.15) is 11.9 Å². The molecule has 0 unspecified atom stereocenters. The highest BCUT2D eigenvalue weighted by Gasteiger charge is 2.17. The lowest BCUT2D eigenvalue weighted by molar-refractivity contribution is -0.00919. The summed E-state index contributed by atoms with van der Waals surface area (Å²) in [5.74, 6) is 0.239. The van der Waals surface area contributed by atoms with Crippen molar-refractivity contribution in [3.05, 3.63) is 35.4 Å². The molecule has 80 valence electrons. The number of aliphatic hydroxyl groups excluding tert-OH is 1. The van der Waals surface area contributed by atoms with Crippen molar-refractivity contribution >= 4 is 6.08 Å². The summed E-state index contributed by atoms with van der Waals surface area (Å²) in [7, 11) is 0. The van der Waals surface area contributed by atoms with Crippen LogP contribution in [0.5, 0.6) is 5.75 Å². The fourth-order valence-electron chi connectivity index (χ4n) is 1.64. The summed E-state index contributed by atoms with van der Waals surface area (Å²) in [5, 5.41) is 19.0. The minimum absolute atomic E-state index is 0.239. The van der Waals surface area contributed by atoms with Crippen molar-refractivity contribution in [2.24, 2.45) is 0 Å². The number of rotatable bonds is 1. The molecule has 0 radical (unpaired) electrons. The maximum absolute atomic E-state index is 9.63. The van der Waals surface area contributed by atoms with E-state index >= 15 is 0 Å². The Bertz CT molecular complexity index is 382. The van der Waals surface area contributed by atoms with Gasteiger partial charge >= 0.3 is 0 Å². The smallest absolute Gasteiger partial charge is 0.121 e. The lowest BCUT2D eigenvalue weighted by Gasteiger charge is -2.15. The van der Waals surface area contributed by atoms with Gasteiger partial charge in [-0.2, -0.15) is 0 Å². The Morgan fingerprint density at radius 1 is 1.47 bits per heavy atom. The third kappa shape index (κ3) is 2.03. The first kappa shape index (κ1) is 10.2. The summed E-state index contributed by atoms with van der Waals surface area (Å²) in [4.78, 5) is 0. The van der Waals surface area contributed by atoms with Crippen molar-refractivity contribution in [1.29, 1.82) is 0 Å². The Morgan fingerprint density at radius 2 is 2.27 bits per heavy atom. The molecule has 1 aliphatic rings. The van der Waals surface area contributed by atoms with Crippen LogP contribution < -0.4 is 0 Å². The van der Waals surface area contributed by atoms with Crippen molar-refractivity contribution in [1.82, 2.24) is 0 Å². The van der Waals surface area contributed by atoms with Gasteiger partial charge in [0.25, 0.3) is 0 Å². The first-order valence-corrected chi connectivity index (χ1v) is 4.97. The number of ether oxygens (including phenoxy) is 1. The number of hydrogen-bond acceptors (Lipinski definition) is 3. The summed E-state index contributed by atoms with van der Waals surface area (Å²) >= 11 is 0. The molecule has 15 heavy (non-hydrogen) atoms. The molecule has 2 rings (SSSR count). The van der Waals surface area contributed by atoms with Gasteiger partial charge in [-0.05, 0) is 18.6 Å². The van der Waals surface area contributed by atoms with Crippen molar-refractivity contribution in [2.45, 2.75) is 25.7 Å². The van der Waals surface area contributed by atoms with E-state index < -0.39 is 6.10 Å². The van der Waals surface area contributed by atoms with Crippen LogP contribution in [-0.2, 0) is 11.3 Å². The fraction of sp³-hybridized carbons (Fsp3) is 0.333. The second kappa shape index (κ2) is 4.04. The minimum Gasteiger partial charge on any atom is -0.508 e. The zero-order valence-corrected chi connectivity index (χ0v) is 8.55. The van der Waals surface area contributed by atoms with Crippen molar-refractivity contribution in [3.8, 4) is 5.75 Å². The highest BCUT2D eigenvalue weighted by Crippen LogP contribution is 2.26. The van der Waals surface area contributed by atoms with Gasteiger partial charge in [-0.15, -0.1) is 0 Å². The zero-order chi connectivity index (χ0) is 10.8. The first-order valence-electron chi connectivity index (χ1n) is 4.97. The van der Waals surface area contributed by atoms with Gasteiger partial charge in [-0.3, -0.25) is 0 Å². The number of phenolic OH excluding ortho intramolecular Hbond substituents is 1. The molecule has 0 aromatic heterocycles. The molecule has 1 aliphatic heterocycles. The van der Waals surface area contributed by atoms with Crippen LogP contribution in [-0.4, -0.2) is 22.4 Å². The van der Waals surface area contributed by atoms with E-state index in [0.717, 1.165) is 11.1 Å². The largest absolute Gasteiger partial charge is 0.508 e. The van der Waals surface area contributed by atoms with Crippen LogP contribution in [0.2, 0.25) is 0 Å². The highest BCUT2D eigenvalue weighted by atomic mass is 16.5. The second-order valence-electron chi connectivity index (χ2n) is 3.72. The fourth-order valence-corrected chi connectivity index (χ4v) is 1.64. The van der Waals surface area contributed by atoms with Crippen LogP contribution in [0.25, 0.3) is 6.08 Å². The number of benzene rings is 1. The summed E-state index contributed by atoms with van der Waals surface area (Å²) in [5.41, 5.74) is 1.72. The standard InChI is InChI=1S/C12H14O3/c1-8(13)12-6-5-9-3-2-4-11(14)10(9)7-15-12/h2-6,8,12-14H,7H2,1H3/t8-,12+/m0/s1. The average Bonchev–Trinajstić information content (AvgIpc) is 2.41. The molecule has 1 aromatic carbocycles. The van der Waals surface area contributed by atoms with E-state index in [9.17, 15) is 10.2 Å². The van der Waals surface area contributed by atoms with Gasteiger partial charge in [0.05, 0.1) is 12.7 Å². The topological polar surface area (TPSA) is 49.7 Å². The molecule has 0 spiro atoms. The number of hydrogen-bond donors (Lipinski definition) is 2. The zero-order valence-electron chi connectivity index (χ0n) is 8.55. The molecule has 0 fully saturated rings. The molecule has 2 N–H and O–H groups in total. The molecule has 1 heterocycles. The number of aliphatic hydroxyl groups is 1. The number of aromatic hydroxyl groups is 1. The predicted octanol–water partition coefficient (Wildman–Crippen LogP) is 1.68. The molecule has 0 bridgehead atoms. The predicted molar refractivity (Wildman–Crippen MR) is 57.4 cm³/mol. The van der Waals surface area contributed by atoms with Gasteiger partial charge in [0.2, 0.25) is 0 Å². The quantitative estimate of drug-likeness (QED) is 0.735. The molecule has 0 aliphatic carbocycles. The lowest BCUT2D eigenvalue weighted by atomic mass is 10.1. The Morgan fingerprint density at radius 3 is 3.00 bits per heavy atom. The van der Waals surface area contributed by atoms with Gasteiger partial charge in [-0.1, -0.05) is 24.3 Å². The lowest BCUT2D eigenvalue weighted by Crippen LogP contribution is -2.23. The highest BCUT2D eigenvalue weighted by molar-refractivity contribution is 5.58. The molecule has 1 aromatic rings. The van der Waals surface area contributed by atoms with E-state index in [0.29, 0.717) is 6.61 Å². The summed E-state index contributed by atoms with van der Waals surface area (Å²) in [6.45, 7) is 2.01. The Labute approximate surface area is 88.6 Å². The molecule has 2 atom stereocenters. The van der Waals surface area contributed by atoms with E-state index in [1.807, 2.05) is 18.2 Å². The maximum Gasteiger partial charge on any atom is 0.121 e. The summed E-state index contributed by atoms with van der Waals surface area (Å²) < 4.78 is 5.47. The molecule has 3 heteroatoms. The van der Waals surface area contributed by atoms with E-state index in [1.54, 1.807) is 19.1 Å². The van der Waals surface area contributed by atoms with E-state index in [2.05, 4.69) is 0 Å². The Kier molecular flexibility index (Phi) is 2.75. The Balaban J connectivity index is 2.32. The van der Waals surface area contributed by atoms with Crippen LogP contribution in [0.15, 0.2) is 24.3 Å². The maximum atomic E-state index is 9.63. The number of phenols is 1. The van der Waals surface area contributed by atoms with Gasteiger partial charge in [0.15, 0.2) is 0 Å². The van der Waals surface area contributed by atoms with Gasteiger partial charge in [-0.25, -0.2) is 0 Å². The third-order valence-corrected chi connectivity index (χ3v) is 2.55. The van der Waals surface area contributed by atoms with Crippen LogP contribution in [0.3, 0.4) is 0 Å². The van der Waals surface area contributed by atoms with Crippen LogP contribution >= 0.6 is 0 Å². The molecular formula is C12H14O3. The van der Waals surface area contributed by atoms with Crippen LogP contribution in [0.1, 0.15) is 18.1 Å². The molecule has 0 saturated carbocycles. The first-order chi connectivity index (χ1) is 7.18. The second-order valence-corrected chi connectivity index (χ2v) is 3.72. The molecule has 0 amide bonds. The monoisotopic (exact) mass is 206 g/mol. The van der Waals surface area contributed by atoms with Gasteiger partial charge in [0, 0.05) is 5.56 Å². The van der Waals surface area contributed by atoms with Crippen molar-refractivity contribution in [3.63, 3.8) is 0 Å². The average molecular weight is 206 g/mol. The van der Waals surface area contributed by atoms with Crippen molar-refractivity contribution < 1.29 is 14.9 Å². The SMILES string of the molecule is C[C@H](O)[C@H]1C=Cc2cccc(O)c2CO1. The summed E-state index contributed by atoms with van der Waals surface area (Å²) in [6, 6.07) is 5.35. The number of fused-ring (bicyclic) bond motifs is 1. The molecule has 3 nitrogen and oxygen atoms in total. The molecular weight excluding hydrogens is 192 g/mol. The van der Waals surface area contributed by atoms with Crippen molar-refractivity contribution in [2.75, 3.05) is 0 Å². The van der Waals surface area contributed by atoms with E-state index in [1.165, 1.54) is 0 Å². The Hall–Kier alpha value is -1.32. The normalized spacial score (nSPS) is 21.9. The third-order valence-electron chi connectivity index (χ3n) is 2.55. The van der Waals surface area contributed by atoms with E-state index in [4.69, 9.17) is 4.74 Å². The summed E-state index contributed by atoms with van der Waals surface area (Å²) in [6.07, 6.45) is 2.84. The van der Waals surface area contributed by atoms with Crippen LogP contribution in [0.4, 0.5) is 0 Å². The molecule has 0 saturated heterocycles. The van der Waals surface area contributed by atoms with Crippen LogP contribution in [0, 0.1) is 0 Å². The van der Waals surface area contributed by atoms with Gasteiger partial charge < -0.3 is 14.9 Å².